The first-order valence-corrected chi connectivity index (χ1v) is 17.2. The van der Waals surface area contributed by atoms with Gasteiger partial charge in [-0.2, -0.15) is 0 Å². The maximum atomic E-state index is 13.5. The minimum Gasteiger partial charge on any atom is -0.481 e. The van der Waals surface area contributed by atoms with Crippen LogP contribution in [0, 0.1) is 11.8 Å². The lowest BCUT2D eigenvalue weighted by atomic mass is 10.00. The van der Waals surface area contributed by atoms with Gasteiger partial charge in [0.25, 0.3) is 0 Å². The van der Waals surface area contributed by atoms with E-state index in [1.54, 1.807) is 13.8 Å². The maximum Gasteiger partial charge on any atom is 0.326 e. The van der Waals surface area contributed by atoms with Crippen molar-refractivity contribution in [3.8, 4) is 0 Å². The first-order valence-electron chi connectivity index (χ1n) is 17.2. The summed E-state index contributed by atoms with van der Waals surface area (Å²) < 4.78 is 0. The number of carbonyl (C=O) groups excluding carboxylic acids is 6. The molecule has 19 nitrogen and oxygen atoms in total. The van der Waals surface area contributed by atoms with Crippen molar-refractivity contribution in [3.63, 3.8) is 0 Å². The molecule has 1 saturated heterocycles. The fraction of sp³-hybridized carbons (Fsp3) is 0.750. The number of rotatable bonds is 22. The average Bonchev–Trinajstić information content (AvgIpc) is 3.55. The highest BCUT2D eigenvalue weighted by atomic mass is 16.4. The third kappa shape index (κ3) is 14.8. The monoisotopic (exact) mass is 728 g/mol. The van der Waals surface area contributed by atoms with Crippen molar-refractivity contribution in [3.05, 3.63) is 0 Å². The molecule has 0 aromatic carbocycles. The lowest BCUT2D eigenvalue weighted by Gasteiger charge is -2.30. The van der Waals surface area contributed by atoms with E-state index in [2.05, 4.69) is 26.6 Å². The third-order valence-corrected chi connectivity index (χ3v) is 8.32. The second kappa shape index (κ2) is 21.8. The van der Waals surface area contributed by atoms with E-state index in [0.29, 0.717) is 25.8 Å². The van der Waals surface area contributed by atoms with E-state index in [1.807, 2.05) is 13.8 Å². The van der Waals surface area contributed by atoms with E-state index in [9.17, 15) is 53.7 Å². The van der Waals surface area contributed by atoms with Gasteiger partial charge in [0.2, 0.25) is 35.4 Å². The number of aliphatic hydroxyl groups excluding tert-OH is 1. The number of unbranched alkanes of at least 4 members (excludes halogenated alkanes) is 1. The molecule has 0 aromatic rings. The van der Waals surface area contributed by atoms with Gasteiger partial charge in [0.05, 0.1) is 19.1 Å². The number of hydrogen-bond acceptors (Lipinski definition) is 11. The van der Waals surface area contributed by atoms with Crippen molar-refractivity contribution in [2.24, 2.45) is 23.3 Å². The van der Waals surface area contributed by atoms with Crippen LogP contribution in [0.25, 0.3) is 0 Å². The van der Waals surface area contributed by atoms with Gasteiger partial charge in [-0.05, 0) is 63.8 Å². The van der Waals surface area contributed by atoms with Crippen LogP contribution in [0.4, 0.5) is 0 Å². The molecule has 0 bridgehead atoms. The molecule has 1 fully saturated rings. The summed E-state index contributed by atoms with van der Waals surface area (Å²) in [6.45, 7) is 8.02. The maximum absolute atomic E-state index is 13.5. The molecule has 290 valence electrons. The Morgan fingerprint density at radius 3 is 1.86 bits per heavy atom. The van der Waals surface area contributed by atoms with Gasteiger partial charge in [-0.25, -0.2) is 4.79 Å². The summed E-state index contributed by atoms with van der Waals surface area (Å²) in [5, 5.41) is 40.8. The molecular weight excluding hydrogens is 672 g/mol. The molecular formula is C32H56N8O11. The zero-order chi connectivity index (χ0) is 39.0. The molecule has 1 aliphatic rings. The Labute approximate surface area is 297 Å². The number of carboxylic acid groups (broad SMARTS) is 2. The van der Waals surface area contributed by atoms with Crippen LogP contribution < -0.4 is 38.1 Å². The zero-order valence-corrected chi connectivity index (χ0v) is 30.0. The van der Waals surface area contributed by atoms with Crippen LogP contribution in [-0.4, -0.2) is 130 Å². The van der Waals surface area contributed by atoms with Crippen molar-refractivity contribution >= 4 is 47.4 Å². The van der Waals surface area contributed by atoms with Gasteiger partial charge >= 0.3 is 11.9 Å². The number of nitrogens with zero attached hydrogens (tertiary/aromatic N) is 1. The van der Waals surface area contributed by atoms with E-state index in [4.69, 9.17) is 11.5 Å². The number of aliphatic carboxylic acids is 2. The zero-order valence-electron chi connectivity index (χ0n) is 30.0. The van der Waals surface area contributed by atoms with Gasteiger partial charge in [0, 0.05) is 6.54 Å². The molecule has 0 aromatic heterocycles. The number of carboxylic acids is 2. The van der Waals surface area contributed by atoms with Crippen LogP contribution >= 0.6 is 0 Å². The second-order valence-electron chi connectivity index (χ2n) is 13.5. The highest BCUT2D eigenvalue weighted by Gasteiger charge is 2.39. The number of nitrogens with one attached hydrogen (secondary N) is 5. The molecule has 7 atom stereocenters. The van der Waals surface area contributed by atoms with Gasteiger partial charge in [-0.1, -0.05) is 27.7 Å². The molecule has 6 amide bonds. The van der Waals surface area contributed by atoms with Gasteiger partial charge in [-0.15, -0.1) is 0 Å². The molecule has 12 N–H and O–H groups in total. The fourth-order valence-electron chi connectivity index (χ4n) is 5.31. The SMILES string of the molecule is CC(C)C[C@H](NC(=O)[C@@H](N)C(C)C)C(=O)N[C@@H](CO)C(=O)N1CCC[C@H]1C(=O)N[C@@H](C)C(=O)N[C@@H](CC(=O)O)C(=O)N[C@@H](CCCCN)C(=O)O. The number of amides is 6. The molecule has 0 radical (unpaired) electrons. The Hall–Kier alpha value is -4.36. The fourth-order valence-corrected chi connectivity index (χ4v) is 5.31. The van der Waals surface area contributed by atoms with Crippen LogP contribution in [0.15, 0.2) is 0 Å². The Morgan fingerprint density at radius 2 is 1.33 bits per heavy atom. The summed E-state index contributed by atoms with van der Waals surface area (Å²) >= 11 is 0. The molecule has 1 aliphatic heterocycles. The normalized spacial score (nSPS) is 17.8. The first-order chi connectivity index (χ1) is 23.8. The van der Waals surface area contributed by atoms with E-state index >= 15 is 0 Å². The molecule has 0 spiro atoms. The summed E-state index contributed by atoms with van der Waals surface area (Å²) in [5.74, 6) is -7.85. The van der Waals surface area contributed by atoms with Crippen LogP contribution in [0.5, 0.6) is 0 Å². The second-order valence-corrected chi connectivity index (χ2v) is 13.5. The predicted molar refractivity (Wildman–Crippen MR) is 182 cm³/mol. The van der Waals surface area contributed by atoms with Crippen molar-refractivity contribution in [2.75, 3.05) is 19.7 Å². The Balaban J connectivity index is 2.98. The van der Waals surface area contributed by atoms with Crippen molar-refractivity contribution in [1.29, 1.82) is 0 Å². The Kier molecular flexibility index (Phi) is 19.1. The lowest BCUT2D eigenvalue weighted by molar-refractivity contribution is -0.144. The number of hydrogen-bond donors (Lipinski definition) is 10. The Morgan fingerprint density at radius 1 is 0.765 bits per heavy atom. The minimum absolute atomic E-state index is 0.0258. The summed E-state index contributed by atoms with van der Waals surface area (Å²) in [6.07, 6.45) is 0.805. The summed E-state index contributed by atoms with van der Waals surface area (Å²) in [5.41, 5.74) is 11.3. The highest BCUT2D eigenvalue weighted by Crippen LogP contribution is 2.19. The number of likely N-dealkylation sites (tertiary alicyclic amines) is 1. The van der Waals surface area contributed by atoms with Crippen LogP contribution in [0.1, 0.15) is 79.6 Å². The molecule has 51 heavy (non-hydrogen) atoms. The third-order valence-electron chi connectivity index (χ3n) is 8.32. The van der Waals surface area contributed by atoms with Gasteiger partial charge in [-0.3, -0.25) is 33.6 Å². The van der Waals surface area contributed by atoms with Crippen LogP contribution in [0.2, 0.25) is 0 Å². The van der Waals surface area contributed by atoms with E-state index < -0.39 is 103 Å². The van der Waals surface area contributed by atoms with Crippen molar-refractivity contribution in [1.82, 2.24) is 31.5 Å². The van der Waals surface area contributed by atoms with Crippen molar-refractivity contribution in [2.45, 2.75) is 122 Å². The van der Waals surface area contributed by atoms with Crippen LogP contribution in [-0.2, 0) is 38.4 Å². The number of aliphatic hydroxyl groups is 1. The molecule has 1 rings (SSSR count). The van der Waals surface area contributed by atoms with Crippen LogP contribution in [0.3, 0.4) is 0 Å². The standard InChI is InChI=1S/C32H56N8O11/c1-16(2)13-20(38-30(48)25(34)17(3)4)27(45)39-22(15-41)31(49)40-12-8-10-23(40)29(47)35-18(5)26(44)37-21(14-24(42)43)28(46)36-19(32(50)51)9-6-7-11-33/h16-23,25,41H,6-15,33-34H2,1-5H3,(H,35,47)(H,36,46)(H,37,44)(H,38,48)(H,39,45)(H,42,43)(H,50,51)/t18-,19-,20-,21-,22-,23-,25-/m0/s1. The highest BCUT2D eigenvalue weighted by molar-refractivity contribution is 5.97. The molecule has 0 saturated carbocycles. The minimum atomic E-state index is -1.67. The predicted octanol–water partition coefficient (Wildman–Crippen LogP) is -2.87. The lowest BCUT2D eigenvalue weighted by Crippen LogP contribution is -2.60. The topological polar surface area (TPSA) is 313 Å². The van der Waals surface area contributed by atoms with Gasteiger partial charge in [0.15, 0.2) is 0 Å². The average molecular weight is 729 g/mol. The summed E-state index contributed by atoms with van der Waals surface area (Å²) in [4.78, 5) is 103. The number of carbonyl (C=O) groups is 8. The molecule has 1 heterocycles. The van der Waals surface area contributed by atoms with Gasteiger partial charge in [0.1, 0.15) is 36.3 Å². The van der Waals surface area contributed by atoms with Gasteiger partial charge < -0.3 is 58.3 Å². The quantitative estimate of drug-likeness (QED) is 0.0502. The molecule has 0 aliphatic carbocycles. The molecule has 0 unspecified atom stereocenters. The van der Waals surface area contributed by atoms with E-state index in [1.165, 1.54) is 6.92 Å². The smallest absolute Gasteiger partial charge is 0.326 e. The Bertz CT molecular complexity index is 1250. The largest absolute Gasteiger partial charge is 0.481 e. The van der Waals surface area contributed by atoms with Crippen molar-refractivity contribution < 1.29 is 53.7 Å². The summed E-state index contributed by atoms with van der Waals surface area (Å²) in [6, 6.07) is -8.85. The van der Waals surface area contributed by atoms with E-state index in [-0.39, 0.29) is 37.6 Å². The van der Waals surface area contributed by atoms with E-state index in [0.717, 1.165) is 4.90 Å². The number of nitrogens with two attached hydrogens (primary N) is 2. The summed E-state index contributed by atoms with van der Waals surface area (Å²) in [7, 11) is 0. The molecule has 19 heteroatoms. The first kappa shape index (κ1) is 44.7.